The Hall–Kier alpha value is -1.54. The van der Waals surface area contributed by atoms with E-state index in [1.807, 2.05) is 24.3 Å². The second-order valence-corrected chi connectivity index (χ2v) is 3.36. The summed E-state index contributed by atoms with van der Waals surface area (Å²) >= 11 is 0. The highest BCUT2D eigenvalue weighted by Crippen LogP contribution is 2.22. The molecule has 1 aromatic rings. The molecular weight excluding hydrogens is 188 g/mol. The monoisotopic (exact) mass is 204 g/mol. The Kier molecular flexibility index (Phi) is 4.13. The summed E-state index contributed by atoms with van der Waals surface area (Å²) in [4.78, 5) is 0. The number of benzene rings is 1. The number of allylic oxidation sites excluding steroid dienone is 1. The van der Waals surface area contributed by atoms with Gasteiger partial charge < -0.3 is 9.84 Å². The maximum atomic E-state index is 9.84. The Morgan fingerprint density at radius 1 is 1.47 bits per heavy atom. The Bertz CT molecular complexity index is 338. The van der Waals surface area contributed by atoms with Gasteiger partial charge in [0.15, 0.2) is 0 Å². The molecule has 80 valence electrons. The average molecular weight is 204 g/mol. The van der Waals surface area contributed by atoms with Crippen molar-refractivity contribution in [2.45, 2.75) is 12.5 Å². The summed E-state index contributed by atoms with van der Waals surface area (Å²) in [5, 5.41) is 9.84. The van der Waals surface area contributed by atoms with Crippen LogP contribution in [0.2, 0.25) is 0 Å². The maximum Gasteiger partial charge on any atom is 0.118 e. The first-order chi connectivity index (χ1) is 7.17. The van der Waals surface area contributed by atoms with Crippen LogP contribution in [-0.4, -0.2) is 12.2 Å². The van der Waals surface area contributed by atoms with E-state index >= 15 is 0 Å². The Morgan fingerprint density at radius 2 is 2.07 bits per heavy atom. The molecule has 0 spiro atoms. The highest BCUT2D eigenvalue weighted by atomic mass is 16.5. The topological polar surface area (TPSA) is 29.5 Å². The Morgan fingerprint density at radius 3 is 2.53 bits per heavy atom. The first kappa shape index (κ1) is 11.5. The van der Waals surface area contributed by atoms with Crippen molar-refractivity contribution in [1.29, 1.82) is 0 Å². The highest BCUT2D eigenvalue weighted by Gasteiger charge is 2.07. The zero-order valence-electron chi connectivity index (χ0n) is 8.94. The SMILES string of the molecule is C=CC(=C)CC(O)c1ccc(OC)cc1. The molecule has 0 amide bonds. The van der Waals surface area contributed by atoms with Gasteiger partial charge in [0.2, 0.25) is 0 Å². The Labute approximate surface area is 90.5 Å². The van der Waals surface area contributed by atoms with E-state index in [2.05, 4.69) is 13.2 Å². The number of hydrogen-bond acceptors (Lipinski definition) is 2. The molecule has 0 radical (unpaired) electrons. The van der Waals surface area contributed by atoms with Gasteiger partial charge in [0.05, 0.1) is 13.2 Å². The quantitative estimate of drug-likeness (QED) is 0.747. The van der Waals surface area contributed by atoms with Gasteiger partial charge in [-0.25, -0.2) is 0 Å². The van der Waals surface area contributed by atoms with E-state index in [4.69, 9.17) is 4.74 Å². The van der Waals surface area contributed by atoms with E-state index in [9.17, 15) is 5.11 Å². The van der Waals surface area contributed by atoms with Gasteiger partial charge in [-0.3, -0.25) is 0 Å². The average Bonchev–Trinajstić information content (AvgIpc) is 2.29. The minimum absolute atomic E-state index is 0.510. The predicted molar refractivity (Wildman–Crippen MR) is 61.9 cm³/mol. The van der Waals surface area contributed by atoms with Crippen molar-refractivity contribution in [2.24, 2.45) is 0 Å². The van der Waals surface area contributed by atoms with E-state index in [0.717, 1.165) is 16.9 Å². The summed E-state index contributed by atoms with van der Waals surface area (Å²) in [6.07, 6.45) is 1.64. The molecule has 0 saturated carbocycles. The van der Waals surface area contributed by atoms with E-state index < -0.39 is 6.10 Å². The van der Waals surface area contributed by atoms with Gasteiger partial charge in [-0.1, -0.05) is 36.9 Å². The highest BCUT2D eigenvalue weighted by molar-refractivity contribution is 5.29. The van der Waals surface area contributed by atoms with Gasteiger partial charge in [-0.2, -0.15) is 0 Å². The number of methoxy groups -OCH3 is 1. The third-order valence-electron chi connectivity index (χ3n) is 2.24. The molecule has 0 aromatic heterocycles. The van der Waals surface area contributed by atoms with Crippen molar-refractivity contribution in [3.05, 3.63) is 54.6 Å². The summed E-state index contributed by atoms with van der Waals surface area (Å²) in [6, 6.07) is 7.35. The third kappa shape index (κ3) is 3.26. The summed E-state index contributed by atoms with van der Waals surface area (Å²) in [6.45, 7) is 7.37. The predicted octanol–water partition coefficient (Wildman–Crippen LogP) is 2.86. The van der Waals surface area contributed by atoms with Crippen molar-refractivity contribution < 1.29 is 9.84 Å². The summed E-state index contributed by atoms with van der Waals surface area (Å²) in [5.74, 6) is 0.786. The van der Waals surface area contributed by atoms with Crippen LogP contribution >= 0.6 is 0 Å². The standard InChI is InChI=1S/C13H16O2/c1-4-10(2)9-13(14)11-5-7-12(15-3)8-6-11/h4-8,13-14H,1-2,9H2,3H3. The molecule has 15 heavy (non-hydrogen) atoms. The van der Waals surface area contributed by atoms with E-state index in [-0.39, 0.29) is 0 Å². The van der Waals surface area contributed by atoms with E-state index in [1.165, 1.54) is 0 Å². The summed E-state index contributed by atoms with van der Waals surface area (Å²) < 4.78 is 5.04. The van der Waals surface area contributed by atoms with Gasteiger partial charge in [-0.15, -0.1) is 0 Å². The van der Waals surface area contributed by atoms with Crippen molar-refractivity contribution in [3.8, 4) is 5.75 Å². The first-order valence-corrected chi connectivity index (χ1v) is 4.79. The lowest BCUT2D eigenvalue weighted by atomic mass is 10.0. The molecule has 0 bridgehead atoms. The van der Waals surface area contributed by atoms with Crippen LogP contribution in [0.4, 0.5) is 0 Å². The van der Waals surface area contributed by atoms with Crippen LogP contribution in [0.5, 0.6) is 5.75 Å². The molecule has 1 unspecified atom stereocenters. The summed E-state index contributed by atoms with van der Waals surface area (Å²) in [7, 11) is 1.62. The second-order valence-electron chi connectivity index (χ2n) is 3.36. The number of aliphatic hydroxyl groups is 1. The fourth-order valence-electron chi connectivity index (χ4n) is 1.28. The zero-order valence-corrected chi connectivity index (χ0v) is 8.94. The molecule has 1 N–H and O–H groups in total. The molecule has 0 aliphatic carbocycles. The van der Waals surface area contributed by atoms with Gasteiger partial charge >= 0.3 is 0 Å². The lowest BCUT2D eigenvalue weighted by Crippen LogP contribution is -1.97. The van der Waals surface area contributed by atoms with Crippen molar-refractivity contribution in [2.75, 3.05) is 7.11 Å². The van der Waals surface area contributed by atoms with Gasteiger partial charge in [0, 0.05) is 6.42 Å². The van der Waals surface area contributed by atoms with Gasteiger partial charge in [-0.05, 0) is 17.7 Å². The van der Waals surface area contributed by atoms with E-state index in [0.29, 0.717) is 6.42 Å². The van der Waals surface area contributed by atoms with Crippen LogP contribution in [-0.2, 0) is 0 Å². The van der Waals surface area contributed by atoms with Crippen LogP contribution in [0.15, 0.2) is 49.1 Å². The fourth-order valence-corrected chi connectivity index (χ4v) is 1.28. The molecule has 0 aliphatic heterocycles. The smallest absolute Gasteiger partial charge is 0.118 e. The molecule has 0 fully saturated rings. The molecule has 1 aromatic carbocycles. The number of aliphatic hydroxyl groups excluding tert-OH is 1. The molecule has 0 aliphatic rings. The zero-order chi connectivity index (χ0) is 11.3. The van der Waals surface area contributed by atoms with Crippen LogP contribution in [0.1, 0.15) is 18.1 Å². The number of rotatable bonds is 5. The third-order valence-corrected chi connectivity index (χ3v) is 2.24. The van der Waals surface area contributed by atoms with Crippen molar-refractivity contribution >= 4 is 0 Å². The van der Waals surface area contributed by atoms with Gasteiger partial charge in [0.1, 0.15) is 5.75 Å². The normalized spacial score (nSPS) is 11.9. The molecule has 0 heterocycles. The lowest BCUT2D eigenvalue weighted by Gasteiger charge is -2.11. The number of ether oxygens (including phenoxy) is 1. The van der Waals surface area contributed by atoms with E-state index in [1.54, 1.807) is 13.2 Å². The molecule has 1 atom stereocenters. The van der Waals surface area contributed by atoms with Crippen molar-refractivity contribution in [1.82, 2.24) is 0 Å². The van der Waals surface area contributed by atoms with Crippen LogP contribution < -0.4 is 4.74 Å². The number of hydrogen-bond donors (Lipinski definition) is 1. The Balaban J connectivity index is 2.69. The summed E-state index contributed by atoms with van der Waals surface area (Å²) in [5.41, 5.74) is 1.69. The minimum Gasteiger partial charge on any atom is -0.497 e. The molecule has 0 saturated heterocycles. The van der Waals surface area contributed by atoms with Crippen LogP contribution in [0.3, 0.4) is 0 Å². The fraction of sp³-hybridized carbons (Fsp3) is 0.231. The molecule has 2 nitrogen and oxygen atoms in total. The molecular formula is C13H16O2. The van der Waals surface area contributed by atoms with Gasteiger partial charge in [0.25, 0.3) is 0 Å². The lowest BCUT2D eigenvalue weighted by molar-refractivity contribution is 0.179. The first-order valence-electron chi connectivity index (χ1n) is 4.79. The molecule has 2 heteroatoms. The second kappa shape index (κ2) is 5.37. The van der Waals surface area contributed by atoms with Crippen molar-refractivity contribution in [3.63, 3.8) is 0 Å². The minimum atomic E-state index is -0.526. The van der Waals surface area contributed by atoms with Crippen LogP contribution in [0.25, 0.3) is 0 Å². The molecule has 1 rings (SSSR count). The maximum absolute atomic E-state index is 9.84. The van der Waals surface area contributed by atoms with Crippen LogP contribution in [0, 0.1) is 0 Å². The largest absolute Gasteiger partial charge is 0.497 e.